The fourth-order valence-corrected chi connectivity index (χ4v) is 4.94. The summed E-state index contributed by atoms with van der Waals surface area (Å²) in [6.07, 6.45) is 4.14. The molecule has 4 nitrogen and oxygen atoms in total. The van der Waals surface area contributed by atoms with Gasteiger partial charge in [-0.2, -0.15) is 0 Å². The van der Waals surface area contributed by atoms with E-state index in [0.29, 0.717) is 24.8 Å². The predicted molar refractivity (Wildman–Crippen MR) is 87.7 cm³/mol. The standard InChI is InChI=1S/C19H24N2O2/c1-21-11-13(10-16(21)22)19(23)20-18-15-9-5-8-14(15)17(18)12-6-3-2-4-7-12/h2-4,6-7,13-15,17-18H,5,8-11H2,1H3,(H,20,23)/t13-,14-,15-,17-,18-/m1/s1. The van der Waals surface area contributed by atoms with E-state index >= 15 is 0 Å². The van der Waals surface area contributed by atoms with E-state index in [4.69, 9.17) is 0 Å². The van der Waals surface area contributed by atoms with Crippen LogP contribution in [0.5, 0.6) is 0 Å². The minimum Gasteiger partial charge on any atom is -0.352 e. The monoisotopic (exact) mass is 312 g/mol. The van der Waals surface area contributed by atoms with Crippen LogP contribution in [-0.4, -0.2) is 36.3 Å². The molecule has 5 atom stereocenters. The molecule has 0 aromatic heterocycles. The van der Waals surface area contributed by atoms with Gasteiger partial charge in [-0.15, -0.1) is 0 Å². The number of amides is 2. The van der Waals surface area contributed by atoms with Gasteiger partial charge in [-0.1, -0.05) is 36.8 Å². The van der Waals surface area contributed by atoms with Crippen LogP contribution in [0.4, 0.5) is 0 Å². The third kappa shape index (κ3) is 2.44. The van der Waals surface area contributed by atoms with E-state index in [2.05, 4.69) is 29.6 Å². The normalized spacial score (nSPS) is 35.8. The summed E-state index contributed by atoms with van der Waals surface area (Å²) in [5, 5.41) is 3.30. The molecule has 4 rings (SSSR count). The summed E-state index contributed by atoms with van der Waals surface area (Å²) in [6.45, 7) is 0.557. The SMILES string of the molecule is CN1C[C@H](C(=O)N[C@@H]2[C@@H]3CCC[C@H]3[C@H]2c2ccccc2)CC1=O. The molecule has 0 unspecified atom stereocenters. The maximum atomic E-state index is 12.6. The van der Waals surface area contributed by atoms with Crippen molar-refractivity contribution in [3.05, 3.63) is 35.9 Å². The summed E-state index contributed by atoms with van der Waals surface area (Å²) in [5.74, 6) is 1.76. The van der Waals surface area contributed by atoms with Crippen molar-refractivity contribution in [2.45, 2.75) is 37.6 Å². The molecule has 1 aliphatic heterocycles. The maximum Gasteiger partial charge on any atom is 0.225 e. The van der Waals surface area contributed by atoms with Crippen LogP contribution in [0, 0.1) is 17.8 Å². The van der Waals surface area contributed by atoms with Crippen LogP contribution in [0.2, 0.25) is 0 Å². The molecule has 1 N–H and O–H groups in total. The van der Waals surface area contributed by atoms with Gasteiger partial charge in [0, 0.05) is 32.0 Å². The van der Waals surface area contributed by atoms with Crippen molar-refractivity contribution in [1.82, 2.24) is 10.2 Å². The molecule has 3 aliphatic rings. The van der Waals surface area contributed by atoms with E-state index in [-0.39, 0.29) is 23.8 Å². The number of hydrogen-bond donors (Lipinski definition) is 1. The second-order valence-electron chi connectivity index (χ2n) is 7.40. The number of nitrogens with one attached hydrogen (secondary N) is 1. The number of likely N-dealkylation sites (tertiary alicyclic amines) is 1. The van der Waals surface area contributed by atoms with E-state index in [1.807, 2.05) is 6.07 Å². The van der Waals surface area contributed by atoms with Gasteiger partial charge in [0.15, 0.2) is 0 Å². The quantitative estimate of drug-likeness (QED) is 0.930. The van der Waals surface area contributed by atoms with Crippen LogP contribution in [0.15, 0.2) is 30.3 Å². The van der Waals surface area contributed by atoms with Crippen molar-refractivity contribution >= 4 is 11.8 Å². The van der Waals surface area contributed by atoms with Gasteiger partial charge in [0.1, 0.15) is 0 Å². The number of carbonyl (C=O) groups excluding carboxylic acids is 2. The summed E-state index contributed by atoms with van der Waals surface area (Å²) in [7, 11) is 1.78. The molecule has 4 heteroatoms. The number of carbonyl (C=O) groups is 2. The minimum atomic E-state index is -0.177. The Morgan fingerprint density at radius 3 is 2.61 bits per heavy atom. The van der Waals surface area contributed by atoms with Gasteiger partial charge in [0.25, 0.3) is 0 Å². The Morgan fingerprint density at radius 1 is 1.17 bits per heavy atom. The van der Waals surface area contributed by atoms with Crippen molar-refractivity contribution in [2.75, 3.05) is 13.6 Å². The lowest BCUT2D eigenvalue weighted by molar-refractivity contribution is -0.129. The first-order chi connectivity index (χ1) is 11.1. The van der Waals surface area contributed by atoms with Crippen molar-refractivity contribution < 1.29 is 9.59 Å². The smallest absolute Gasteiger partial charge is 0.225 e. The largest absolute Gasteiger partial charge is 0.352 e. The lowest BCUT2D eigenvalue weighted by Gasteiger charge is -2.50. The Kier molecular flexibility index (Phi) is 3.63. The topological polar surface area (TPSA) is 49.4 Å². The lowest BCUT2D eigenvalue weighted by Crippen LogP contribution is -2.57. The number of rotatable bonds is 3. The number of hydrogen-bond acceptors (Lipinski definition) is 2. The van der Waals surface area contributed by atoms with Gasteiger partial charge < -0.3 is 10.2 Å². The van der Waals surface area contributed by atoms with E-state index in [1.165, 1.54) is 24.8 Å². The van der Waals surface area contributed by atoms with E-state index in [9.17, 15) is 9.59 Å². The highest BCUT2D eigenvalue weighted by Gasteiger charge is 2.53. The van der Waals surface area contributed by atoms with Gasteiger partial charge in [-0.3, -0.25) is 9.59 Å². The van der Waals surface area contributed by atoms with Crippen molar-refractivity contribution in [2.24, 2.45) is 17.8 Å². The molecular weight excluding hydrogens is 288 g/mol. The molecule has 2 amide bonds. The number of benzene rings is 1. The van der Waals surface area contributed by atoms with Crippen LogP contribution in [-0.2, 0) is 9.59 Å². The Balaban J connectivity index is 1.48. The van der Waals surface area contributed by atoms with Crippen LogP contribution in [0.25, 0.3) is 0 Å². The summed E-state index contributed by atoms with van der Waals surface area (Å²) < 4.78 is 0. The summed E-state index contributed by atoms with van der Waals surface area (Å²) >= 11 is 0. The summed E-state index contributed by atoms with van der Waals surface area (Å²) in [6, 6.07) is 10.8. The Bertz CT molecular complexity index is 615. The molecule has 0 bridgehead atoms. The maximum absolute atomic E-state index is 12.6. The fraction of sp³-hybridized carbons (Fsp3) is 0.579. The van der Waals surface area contributed by atoms with Crippen molar-refractivity contribution in [3.8, 4) is 0 Å². The summed E-state index contributed by atoms with van der Waals surface area (Å²) in [5.41, 5.74) is 1.35. The summed E-state index contributed by atoms with van der Waals surface area (Å²) in [4.78, 5) is 26.0. The molecule has 1 heterocycles. The Morgan fingerprint density at radius 2 is 1.91 bits per heavy atom. The molecular formula is C19H24N2O2. The van der Waals surface area contributed by atoms with Crippen LogP contribution in [0.1, 0.15) is 37.2 Å². The van der Waals surface area contributed by atoms with Gasteiger partial charge >= 0.3 is 0 Å². The minimum absolute atomic E-state index is 0.0685. The number of fused-ring (bicyclic) bond motifs is 1. The van der Waals surface area contributed by atoms with E-state index in [1.54, 1.807) is 11.9 Å². The fourth-order valence-electron chi connectivity index (χ4n) is 4.94. The zero-order valence-corrected chi connectivity index (χ0v) is 13.6. The zero-order chi connectivity index (χ0) is 16.0. The highest BCUT2D eigenvalue weighted by atomic mass is 16.2. The van der Waals surface area contributed by atoms with Crippen LogP contribution < -0.4 is 5.32 Å². The first kappa shape index (κ1) is 14.7. The molecule has 2 saturated carbocycles. The second kappa shape index (κ2) is 5.66. The zero-order valence-electron chi connectivity index (χ0n) is 13.6. The molecule has 1 saturated heterocycles. The van der Waals surface area contributed by atoms with E-state index in [0.717, 1.165) is 5.92 Å². The lowest BCUT2D eigenvalue weighted by atomic mass is 9.59. The third-order valence-corrected chi connectivity index (χ3v) is 6.14. The number of nitrogens with zero attached hydrogens (tertiary/aromatic N) is 1. The molecule has 122 valence electrons. The van der Waals surface area contributed by atoms with Gasteiger partial charge in [0.2, 0.25) is 11.8 Å². The van der Waals surface area contributed by atoms with E-state index < -0.39 is 0 Å². The molecule has 23 heavy (non-hydrogen) atoms. The highest BCUT2D eigenvalue weighted by Crippen LogP contribution is 2.56. The van der Waals surface area contributed by atoms with Crippen molar-refractivity contribution in [1.29, 1.82) is 0 Å². The average molecular weight is 312 g/mol. The Labute approximate surface area is 137 Å². The van der Waals surface area contributed by atoms with Gasteiger partial charge in [-0.25, -0.2) is 0 Å². The molecule has 0 radical (unpaired) electrons. The predicted octanol–water partition coefficient (Wildman–Crippen LogP) is 2.16. The molecule has 1 aromatic carbocycles. The van der Waals surface area contributed by atoms with Crippen LogP contribution in [0.3, 0.4) is 0 Å². The second-order valence-corrected chi connectivity index (χ2v) is 7.40. The highest BCUT2D eigenvalue weighted by molar-refractivity contribution is 5.89. The first-order valence-corrected chi connectivity index (χ1v) is 8.74. The molecule has 0 spiro atoms. The van der Waals surface area contributed by atoms with Crippen molar-refractivity contribution in [3.63, 3.8) is 0 Å². The average Bonchev–Trinajstić information content (AvgIpc) is 3.10. The third-order valence-electron chi connectivity index (χ3n) is 6.14. The Hall–Kier alpha value is -1.84. The molecule has 1 aromatic rings. The van der Waals surface area contributed by atoms with Crippen LogP contribution >= 0.6 is 0 Å². The molecule has 3 fully saturated rings. The van der Waals surface area contributed by atoms with Gasteiger partial charge in [-0.05, 0) is 30.2 Å². The first-order valence-electron chi connectivity index (χ1n) is 8.74. The molecule has 2 aliphatic carbocycles. The van der Waals surface area contributed by atoms with Gasteiger partial charge in [0.05, 0.1) is 5.92 Å².